The summed E-state index contributed by atoms with van der Waals surface area (Å²) in [6, 6.07) is 0. The van der Waals surface area contributed by atoms with Crippen molar-refractivity contribution in [2.45, 2.75) is 25.7 Å². The van der Waals surface area contributed by atoms with Crippen molar-refractivity contribution < 1.29 is 14.3 Å². The van der Waals surface area contributed by atoms with E-state index in [9.17, 15) is 4.79 Å². The highest BCUT2D eigenvalue weighted by Gasteiger charge is 2.50. The van der Waals surface area contributed by atoms with Crippen LogP contribution in [0, 0.1) is 11.8 Å². The predicted molar refractivity (Wildman–Crippen MR) is 54.1 cm³/mol. The van der Waals surface area contributed by atoms with Crippen LogP contribution >= 0.6 is 0 Å². The first-order valence-corrected chi connectivity index (χ1v) is 5.36. The number of hydrogen-bond acceptors (Lipinski definition) is 3. The highest BCUT2D eigenvalue weighted by atomic mass is 16.7. The molecule has 2 heterocycles. The first kappa shape index (κ1) is 9.31. The molecule has 0 aromatic carbocycles. The van der Waals surface area contributed by atoms with Gasteiger partial charge in [-0.2, -0.15) is 0 Å². The summed E-state index contributed by atoms with van der Waals surface area (Å²) in [4.78, 5) is 11.8. The van der Waals surface area contributed by atoms with E-state index < -0.39 is 0 Å². The summed E-state index contributed by atoms with van der Waals surface area (Å²) in [5.74, 6) is 0.383. The van der Waals surface area contributed by atoms with Gasteiger partial charge in [0.05, 0.1) is 6.10 Å². The molecule has 0 unspecified atom stereocenters. The number of hydrogen-bond donors (Lipinski definition) is 0. The van der Waals surface area contributed by atoms with Gasteiger partial charge in [-0.3, -0.25) is 4.79 Å². The first-order chi connectivity index (χ1) is 7.16. The monoisotopic (exact) mass is 206 g/mol. The maximum atomic E-state index is 11.8. The van der Waals surface area contributed by atoms with E-state index in [1.165, 1.54) is 5.57 Å². The number of carbonyl (C=O) groups is 1. The van der Waals surface area contributed by atoms with Gasteiger partial charge in [0.25, 0.3) is 0 Å². The van der Waals surface area contributed by atoms with Crippen LogP contribution in [-0.4, -0.2) is 24.8 Å². The van der Waals surface area contributed by atoms with Crippen LogP contribution in [-0.2, 0) is 14.3 Å². The number of rotatable bonds is 0. The minimum absolute atomic E-state index is 0.0428. The zero-order valence-corrected chi connectivity index (χ0v) is 8.73. The lowest BCUT2D eigenvalue weighted by Gasteiger charge is -2.34. The third-order valence-corrected chi connectivity index (χ3v) is 3.58. The Labute approximate surface area is 88.7 Å². The molecule has 1 aliphatic carbocycles. The third kappa shape index (κ3) is 1.23. The Balaban J connectivity index is 2.05. The molecule has 3 nitrogen and oxygen atoms in total. The Morgan fingerprint density at radius 2 is 2.33 bits per heavy atom. The molecule has 15 heavy (non-hydrogen) atoms. The van der Waals surface area contributed by atoms with Gasteiger partial charge in [-0.15, -0.1) is 0 Å². The van der Waals surface area contributed by atoms with Crippen LogP contribution in [0.5, 0.6) is 0 Å². The number of carbonyl (C=O) groups excluding carboxylic acids is 1. The zero-order chi connectivity index (χ0) is 10.6. The molecule has 0 aromatic heterocycles. The van der Waals surface area contributed by atoms with Crippen LogP contribution in [0.1, 0.15) is 13.3 Å². The molecule has 0 spiro atoms. The van der Waals surface area contributed by atoms with Crippen LogP contribution in [0.3, 0.4) is 0 Å². The molecule has 2 aliphatic heterocycles. The van der Waals surface area contributed by atoms with Crippen molar-refractivity contribution in [1.82, 2.24) is 0 Å². The number of ketones is 1. The van der Waals surface area contributed by atoms with Crippen LogP contribution in [0.15, 0.2) is 23.8 Å². The molecular formula is C12H14O3. The smallest absolute Gasteiger partial charge is 0.166 e. The van der Waals surface area contributed by atoms with Crippen molar-refractivity contribution in [3.63, 3.8) is 0 Å². The zero-order valence-electron chi connectivity index (χ0n) is 8.73. The fraction of sp³-hybridized carbons (Fsp3) is 0.583. The highest BCUT2D eigenvalue weighted by Crippen LogP contribution is 2.46. The van der Waals surface area contributed by atoms with Gasteiger partial charge in [0.1, 0.15) is 6.61 Å². The van der Waals surface area contributed by atoms with Gasteiger partial charge in [-0.1, -0.05) is 18.2 Å². The van der Waals surface area contributed by atoms with Crippen molar-refractivity contribution in [2.75, 3.05) is 6.61 Å². The molecule has 0 amide bonds. The molecule has 3 aliphatic rings. The summed E-state index contributed by atoms with van der Waals surface area (Å²) in [6.07, 6.45) is 2.70. The largest absolute Gasteiger partial charge is 0.345 e. The fourth-order valence-corrected chi connectivity index (χ4v) is 2.86. The predicted octanol–water partition coefficient (Wildman–Crippen LogP) is 1.45. The van der Waals surface area contributed by atoms with Gasteiger partial charge < -0.3 is 9.47 Å². The van der Waals surface area contributed by atoms with Crippen molar-refractivity contribution in [2.24, 2.45) is 11.8 Å². The topological polar surface area (TPSA) is 35.5 Å². The Bertz CT molecular complexity index is 369. The molecule has 0 radical (unpaired) electrons. The number of ether oxygens (including phenoxy) is 2. The Morgan fingerprint density at radius 3 is 3.13 bits per heavy atom. The second-order valence-corrected chi connectivity index (χ2v) is 4.56. The SMILES string of the molecule is C=C1C=C2[C@H]3[C@H](OCC(=O)[C@H]3C1)O[C@@H]2C. The molecule has 2 saturated heterocycles. The van der Waals surface area contributed by atoms with Crippen molar-refractivity contribution in [1.29, 1.82) is 0 Å². The van der Waals surface area contributed by atoms with E-state index >= 15 is 0 Å². The van der Waals surface area contributed by atoms with Crippen LogP contribution < -0.4 is 0 Å². The molecule has 4 atom stereocenters. The second kappa shape index (κ2) is 3.03. The minimum Gasteiger partial charge on any atom is -0.345 e. The number of allylic oxidation sites excluding steroid dienone is 2. The third-order valence-electron chi connectivity index (χ3n) is 3.58. The summed E-state index contributed by atoms with van der Waals surface area (Å²) >= 11 is 0. The molecule has 3 heteroatoms. The van der Waals surface area contributed by atoms with Crippen LogP contribution in [0.2, 0.25) is 0 Å². The molecule has 0 aromatic rings. The molecule has 3 rings (SSSR count). The Kier molecular flexibility index (Phi) is 1.88. The van der Waals surface area contributed by atoms with Gasteiger partial charge in [0.2, 0.25) is 0 Å². The average Bonchev–Trinajstić information content (AvgIpc) is 2.51. The summed E-state index contributed by atoms with van der Waals surface area (Å²) in [5, 5.41) is 0. The molecule has 0 N–H and O–H groups in total. The van der Waals surface area contributed by atoms with E-state index in [2.05, 4.69) is 12.7 Å². The normalized spacial score (nSPS) is 43.9. The van der Waals surface area contributed by atoms with Crippen LogP contribution in [0.25, 0.3) is 0 Å². The van der Waals surface area contributed by atoms with Crippen molar-refractivity contribution in [3.8, 4) is 0 Å². The van der Waals surface area contributed by atoms with E-state index in [0.717, 1.165) is 12.0 Å². The maximum absolute atomic E-state index is 11.8. The second-order valence-electron chi connectivity index (χ2n) is 4.56. The standard InChI is InChI=1S/C12H14O3/c1-6-3-8-7(2)15-12-11(8)9(4-6)10(13)5-14-12/h3,7,9,11-12H,1,4-5H2,2H3/t7-,9-,11-,12-/m1/s1. The van der Waals surface area contributed by atoms with Crippen molar-refractivity contribution in [3.05, 3.63) is 23.8 Å². The van der Waals surface area contributed by atoms with Gasteiger partial charge >= 0.3 is 0 Å². The Morgan fingerprint density at radius 1 is 1.53 bits per heavy atom. The van der Waals surface area contributed by atoms with E-state index in [4.69, 9.17) is 9.47 Å². The highest BCUT2D eigenvalue weighted by molar-refractivity contribution is 5.84. The molecule has 0 saturated carbocycles. The van der Waals surface area contributed by atoms with Gasteiger partial charge in [-0.05, 0) is 18.9 Å². The van der Waals surface area contributed by atoms with E-state index in [-0.39, 0.29) is 36.6 Å². The summed E-state index contributed by atoms with van der Waals surface area (Å²) in [5.41, 5.74) is 2.23. The molecular weight excluding hydrogens is 192 g/mol. The van der Waals surface area contributed by atoms with E-state index in [0.29, 0.717) is 0 Å². The number of Topliss-reactive ketones (excluding diaryl/α,β-unsaturated/α-hetero) is 1. The summed E-state index contributed by atoms with van der Waals surface area (Å²) in [6.45, 7) is 6.17. The Hall–Kier alpha value is -0.930. The first-order valence-electron chi connectivity index (χ1n) is 5.36. The lowest BCUT2D eigenvalue weighted by molar-refractivity contribution is -0.183. The van der Waals surface area contributed by atoms with Crippen molar-refractivity contribution >= 4 is 5.78 Å². The maximum Gasteiger partial charge on any atom is 0.166 e. The average molecular weight is 206 g/mol. The summed E-state index contributed by atoms with van der Waals surface area (Å²) in [7, 11) is 0. The van der Waals surface area contributed by atoms with Gasteiger partial charge in [-0.25, -0.2) is 0 Å². The molecule has 2 fully saturated rings. The summed E-state index contributed by atoms with van der Waals surface area (Å²) < 4.78 is 11.1. The molecule has 80 valence electrons. The van der Waals surface area contributed by atoms with E-state index in [1.54, 1.807) is 0 Å². The molecule has 0 bridgehead atoms. The van der Waals surface area contributed by atoms with Crippen LogP contribution in [0.4, 0.5) is 0 Å². The van der Waals surface area contributed by atoms with Gasteiger partial charge in [0.15, 0.2) is 12.1 Å². The lowest BCUT2D eigenvalue weighted by atomic mass is 9.73. The fourth-order valence-electron chi connectivity index (χ4n) is 2.86. The van der Waals surface area contributed by atoms with E-state index in [1.807, 2.05) is 6.92 Å². The van der Waals surface area contributed by atoms with Gasteiger partial charge in [0, 0.05) is 11.8 Å². The lowest BCUT2D eigenvalue weighted by Crippen LogP contribution is -2.42. The quantitative estimate of drug-likeness (QED) is 0.601. The minimum atomic E-state index is -0.206.